The molecule has 3 rings (SSSR count). The van der Waals surface area contributed by atoms with Crippen molar-refractivity contribution in [3.05, 3.63) is 60.3 Å². The molecule has 0 radical (unpaired) electrons. The zero-order valence-corrected chi connectivity index (χ0v) is 15.4. The maximum Gasteiger partial charge on any atom is 0.171 e. The summed E-state index contributed by atoms with van der Waals surface area (Å²) in [6.45, 7) is 4.22. The molecule has 0 aliphatic carbocycles. The Bertz CT molecular complexity index is 654. The highest BCUT2D eigenvalue weighted by atomic mass is 32.1. The fourth-order valence-electron chi connectivity index (χ4n) is 3.44. The molecule has 1 aliphatic heterocycles. The number of hydrogen-bond donors (Lipinski definition) is 1. The first-order chi connectivity index (χ1) is 12.2. The van der Waals surface area contributed by atoms with E-state index in [-0.39, 0.29) is 0 Å². The molecule has 1 fully saturated rings. The minimum atomic E-state index is 0.403. The Labute approximate surface area is 155 Å². The van der Waals surface area contributed by atoms with Gasteiger partial charge in [0.05, 0.1) is 0 Å². The van der Waals surface area contributed by atoms with E-state index in [1.54, 1.807) is 6.20 Å². The van der Waals surface area contributed by atoms with Gasteiger partial charge in [0, 0.05) is 19.3 Å². The monoisotopic (exact) mass is 354 g/mol. The number of piperidine rings is 1. The summed E-state index contributed by atoms with van der Waals surface area (Å²) in [6, 6.07) is 16.6. The van der Waals surface area contributed by atoms with Gasteiger partial charge in [0.1, 0.15) is 5.82 Å². The highest BCUT2D eigenvalue weighted by Crippen LogP contribution is 2.23. The summed E-state index contributed by atoms with van der Waals surface area (Å²) in [7, 11) is 0. The average molecular weight is 355 g/mol. The van der Waals surface area contributed by atoms with Gasteiger partial charge in [-0.2, -0.15) is 0 Å². The molecule has 2 N–H and O–H groups in total. The minimum absolute atomic E-state index is 0.403. The maximum atomic E-state index is 5.90. The van der Waals surface area contributed by atoms with Crippen molar-refractivity contribution in [1.82, 2.24) is 9.88 Å². The van der Waals surface area contributed by atoms with Crippen molar-refractivity contribution in [2.75, 3.05) is 24.5 Å². The van der Waals surface area contributed by atoms with Crippen molar-refractivity contribution in [3.63, 3.8) is 0 Å². The first-order valence-electron chi connectivity index (χ1n) is 8.96. The number of nitrogens with zero attached hydrogens (tertiary/aromatic N) is 3. The zero-order valence-electron chi connectivity index (χ0n) is 14.6. The fraction of sp³-hybridized carbons (Fsp3) is 0.400. The summed E-state index contributed by atoms with van der Waals surface area (Å²) < 4.78 is 0. The van der Waals surface area contributed by atoms with Crippen LogP contribution in [0.25, 0.3) is 0 Å². The van der Waals surface area contributed by atoms with Crippen LogP contribution in [0.1, 0.15) is 24.8 Å². The van der Waals surface area contributed by atoms with Gasteiger partial charge in [-0.05, 0) is 68.2 Å². The summed E-state index contributed by atoms with van der Waals surface area (Å²) in [5, 5.41) is 0.403. The van der Waals surface area contributed by atoms with E-state index in [4.69, 9.17) is 18.0 Å². The topological polar surface area (TPSA) is 45.4 Å². The number of rotatable bonds is 6. The number of aromatic nitrogens is 1. The summed E-state index contributed by atoms with van der Waals surface area (Å²) in [5.74, 6) is 1.57. The van der Waals surface area contributed by atoms with E-state index >= 15 is 0 Å². The van der Waals surface area contributed by atoms with Crippen LogP contribution in [0.2, 0.25) is 0 Å². The second-order valence-corrected chi connectivity index (χ2v) is 7.09. The number of benzene rings is 1. The smallest absolute Gasteiger partial charge is 0.171 e. The van der Waals surface area contributed by atoms with Crippen molar-refractivity contribution in [2.45, 2.75) is 25.8 Å². The van der Waals surface area contributed by atoms with Crippen molar-refractivity contribution in [2.24, 2.45) is 11.7 Å². The molecule has 4 nitrogen and oxygen atoms in total. The third kappa shape index (κ3) is 5.25. The first-order valence-corrected chi connectivity index (χ1v) is 9.37. The second-order valence-electron chi connectivity index (χ2n) is 6.67. The molecule has 5 heteroatoms. The molecule has 0 bridgehead atoms. The highest BCUT2D eigenvalue weighted by molar-refractivity contribution is 7.80. The van der Waals surface area contributed by atoms with Crippen LogP contribution in [-0.4, -0.2) is 34.6 Å². The van der Waals surface area contributed by atoms with Gasteiger partial charge in [-0.1, -0.05) is 36.4 Å². The third-order valence-corrected chi connectivity index (χ3v) is 5.13. The van der Waals surface area contributed by atoms with Gasteiger partial charge >= 0.3 is 0 Å². The Morgan fingerprint density at radius 1 is 1.12 bits per heavy atom. The van der Waals surface area contributed by atoms with E-state index in [0.29, 0.717) is 5.11 Å². The lowest BCUT2D eigenvalue weighted by atomic mass is 9.93. The lowest BCUT2D eigenvalue weighted by Gasteiger charge is -2.33. The van der Waals surface area contributed by atoms with Crippen LogP contribution >= 0.6 is 12.2 Å². The number of hydrogen-bond acceptors (Lipinski definition) is 3. The van der Waals surface area contributed by atoms with Gasteiger partial charge in [0.2, 0.25) is 0 Å². The minimum Gasteiger partial charge on any atom is -0.376 e. The Hall–Kier alpha value is -1.98. The van der Waals surface area contributed by atoms with Gasteiger partial charge in [-0.25, -0.2) is 4.98 Å². The van der Waals surface area contributed by atoms with Crippen molar-refractivity contribution < 1.29 is 0 Å². The predicted octanol–water partition coefficient (Wildman–Crippen LogP) is 3.43. The number of anilines is 1. The Morgan fingerprint density at radius 2 is 1.84 bits per heavy atom. The number of nitrogens with two attached hydrogens (primary N) is 1. The number of pyridine rings is 1. The van der Waals surface area contributed by atoms with Crippen LogP contribution < -0.4 is 10.6 Å². The van der Waals surface area contributed by atoms with E-state index in [0.717, 1.165) is 44.3 Å². The van der Waals surface area contributed by atoms with Gasteiger partial charge < -0.3 is 10.6 Å². The average Bonchev–Trinajstić information content (AvgIpc) is 2.65. The van der Waals surface area contributed by atoms with Crippen LogP contribution in [0, 0.1) is 5.92 Å². The van der Waals surface area contributed by atoms with E-state index in [2.05, 4.69) is 40.2 Å². The molecule has 1 aromatic heterocycles. The number of likely N-dealkylation sites (tertiary alicyclic amines) is 1. The molecule has 1 aromatic carbocycles. The third-order valence-electron chi connectivity index (χ3n) is 4.91. The molecule has 132 valence electrons. The Balaban J connectivity index is 1.46. The quantitative estimate of drug-likeness (QED) is 0.805. The molecule has 25 heavy (non-hydrogen) atoms. The van der Waals surface area contributed by atoms with Crippen molar-refractivity contribution >= 4 is 23.1 Å². The molecule has 0 amide bonds. The first kappa shape index (κ1) is 17.8. The highest BCUT2D eigenvalue weighted by Gasteiger charge is 2.21. The van der Waals surface area contributed by atoms with E-state index in [1.807, 2.05) is 23.1 Å². The van der Waals surface area contributed by atoms with E-state index in [1.165, 1.54) is 18.4 Å². The lowest BCUT2D eigenvalue weighted by Crippen LogP contribution is -2.39. The summed E-state index contributed by atoms with van der Waals surface area (Å²) >= 11 is 5.21. The standard InChI is InChI=1S/C20H26N4S/c21-20(25)24(19-8-4-5-12-22-19)15-11-17-9-13-23(14-10-17)16-18-6-2-1-3-7-18/h1-8,12,17H,9-11,13-16H2,(H2,21,25). The lowest BCUT2D eigenvalue weighted by molar-refractivity contribution is 0.173. The molecule has 1 saturated heterocycles. The van der Waals surface area contributed by atoms with Crippen LogP contribution in [-0.2, 0) is 6.54 Å². The largest absolute Gasteiger partial charge is 0.376 e. The molecule has 0 atom stereocenters. The van der Waals surface area contributed by atoms with Gasteiger partial charge in [-0.15, -0.1) is 0 Å². The van der Waals surface area contributed by atoms with Gasteiger partial charge in [0.15, 0.2) is 5.11 Å². The van der Waals surface area contributed by atoms with Crippen molar-refractivity contribution in [3.8, 4) is 0 Å². The molecule has 0 saturated carbocycles. The van der Waals surface area contributed by atoms with Crippen LogP contribution in [0.5, 0.6) is 0 Å². The summed E-state index contributed by atoms with van der Waals surface area (Å²) in [5.41, 5.74) is 7.30. The van der Waals surface area contributed by atoms with Crippen LogP contribution in [0.3, 0.4) is 0 Å². The van der Waals surface area contributed by atoms with E-state index < -0.39 is 0 Å². The van der Waals surface area contributed by atoms with Gasteiger partial charge in [-0.3, -0.25) is 4.90 Å². The molecular formula is C20H26N4S. The van der Waals surface area contributed by atoms with Crippen LogP contribution in [0.4, 0.5) is 5.82 Å². The fourth-order valence-corrected chi connectivity index (χ4v) is 3.62. The Morgan fingerprint density at radius 3 is 2.48 bits per heavy atom. The van der Waals surface area contributed by atoms with Gasteiger partial charge in [0.25, 0.3) is 0 Å². The van der Waals surface area contributed by atoms with Crippen LogP contribution in [0.15, 0.2) is 54.7 Å². The predicted molar refractivity (Wildman–Crippen MR) is 107 cm³/mol. The maximum absolute atomic E-state index is 5.90. The van der Waals surface area contributed by atoms with Crippen molar-refractivity contribution in [1.29, 1.82) is 0 Å². The normalized spacial score (nSPS) is 15.8. The molecular weight excluding hydrogens is 328 g/mol. The summed E-state index contributed by atoms with van der Waals surface area (Å²) in [6.07, 6.45) is 5.36. The molecule has 2 aromatic rings. The molecule has 2 heterocycles. The second kappa shape index (κ2) is 8.92. The Kier molecular flexibility index (Phi) is 6.36. The number of thiocarbonyl (C=S) groups is 1. The van der Waals surface area contributed by atoms with E-state index in [9.17, 15) is 0 Å². The summed E-state index contributed by atoms with van der Waals surface area (Å²) in [4.78, 5) is 8.87. The molecule has 0 spiro atoms. The SMILES string of the molecule is NC(=S)N(CCC1CCN(Cc2ccccc2)CC1)c1ccccn1. The molecule has 0 unspecified atom stereocenters. The molecule has 1 aliphatic rings. The zero-order chi connectivity index (χ0) is 17.5.